The lowest BCUT2D eigenvalue weighted by molar-refractivity contribution is 0.474. The highest BCUT2D eigenvalue weighted by molar-refractivity contribution is 6.02. The molecule has 4 aromatic carbocycles. The van der Waals surface area contributed by atoms with Crippen LogP contribution in [0, 0.1) is 0 Å². The van der Waals surface area contributed by atoms with Crippen LogP contribution in [0.25, 0.3) is 10.8 Å². The molecule has 0 atom stereocenters. The first-order chi connectivity index (χ1) is 13.7. The molecule has 0 bridgehead atoms. The van der Waals surface area contributed by atoms with Gasteiger partial charge in [0.15, 0.2) is 0 Å². The fraction of sp³-hybridized carbons (Fsp3) is 0. The van der Waals surface area contributed by atoms with Crippen molar-refractivity contribution >= 4 is 34.6 Å². The SMILES string of the molecule is Oc1ccc(C=Nc2cccc3c(N=Cc4cccc(O)c4)cccc23)cc1. The van der Waals surface area contributed by atoms with Crippen LogP contribution in [0.3, 0.4) is 0 Å². The molecule has 0 unspecified atom stereocenters. The molecule has 4 heteroatoms. The van der Waals surface area contributed by atoms with Crippen molar-refractivity contribution < 1.29 is 10.2 Å². The Morgan fingerprint density at radius 2 is 1.11 bits per heavy atom. The molecular formula is C24H18N2O2. The van der Waals surface area contributed by atoms with Crippen LogP contribution in [0.5, 0.6) is 11.5 Å². The number of nitrogens with zero attached hydrogens (tertiary/aromatic N) is 2. The fourth-order valence-electron chi connectivity index (χ4n) is 2.96. The summed E-state index contributed by atoms with van der Waals surface area (Å²) in [4.78, 5) is 9.21. The van der Waals surface area contributed by atoms with E-state index in [0.29, 0.717) is 0 Å². The lowest BCUT2D eigenvalue weighted by Gasteiger charge is -2.05. The molecular weight excluding hydrogens is 348 g/mol. The van der Waals surface area contributed by atoms with E-state index in [1.165, 1.54) is 0 Å². The molecule has 0 aliphatic carbocycles. The Morgan fingerprint density at radius 3 is 1.71 bits per heavy atom. The molecule has 0 aromatic heterocycles. The van der Waals surface area contributed by atoms with Crippen LogP contribution >= 0.6 is 0 Å². The van der Waals surface area contributed by atoms with E-state index in [2.05, 4.69) is 9.98 Å². The highest BCUT2D eigenvalue weighted by atomic mass is 16.3. The third-order valence-corrected chi connectivity index (χ3v) is 4.34. The quantitative estimate of drug-likeness (QED) is 0.452. The Kier molecular flexibility index (Phi) is 4.85. The van der Waals surface area contributed by atoms with E-state index in [4.69, 9.17) is 0 Å². The molecule has 2 N–H and O–H groups in total. The molecule has 4 rings (SSSR count). The first-order valence-electron chi connectivity index (χ1n) is 8.87. The zero-order chi connectivity index (χ0) is 19.3. The molecule has 0 aliphatic heterocycles. The van der Waals surface area contributed by atoms with Crippen molar-refractivity contribution in [2.45, 2.75) is 0 Å². The van der Waals surface area contributed by atoms with E-state index in [9.17, 15) is 10.2 Å². The minimum absolute atomic E-state index is 0.215. The van der Waals surface area contributed by atoms with Crippen LogP contribution in [-0.4, -0.2) is 22.6 Å². The topological polar surface area (TPSA) is 65.2 Å². The van der Waals surface area contributed by atoms with Gasteiger partial charge in [-0.3, -0.25) is 9.98 Å². The first kappa shape index (κ1) is 17.5. The fourth-order valence-corrected chi connectivity index (χ4v) is 2.96. The van der Waals surface area contributed by atoms with Gasteiger partial charge < -0.3 is 10.2 Å². The van der Waals surface area contributed by atoms with E-state index < -0.39 is 0 Å². The molecule has 0 saturated heterocycles. The Labute approximate surface area is 162 Å². The molecule has 4 nitrogen and oxygen atoms in total. The van der Waals surface area contributed by atoms with Gasteiger partial charge in [-0.1, -0.05) is 36.4 Å². The third kappa shape index (κ3) is 3.91. The molecule has 0 saturated carbocycles. The van der Waals surface area contributed by atoms with Gasteiger partial charge >= 0.3 is 0 Å². The summed E-state index contributed by atoms with van der Waals surface area (Å²) >= 11 is 0. The highest BCUT2D eigenvalue weighted by Crippen LogP contribution is 2.32. The highest BCUT2D eigenvalue weighted by Gasteiger charge is 2.03. The second-order valence-electron chi connectivity index (χ2n) is 6.35. The molecule has 4 aromatic rings. The summed E-state index contributed by atoms with van der Waals surface area (Å²) in [5.74, 6) is 0.448. The van der Waals surface area contributed by atoms with Gasteiger partial charge in [0.05, 0.1) is 11.4 Å². The summed E-state index contributed by atoms with van der Waals surface area (Å²) in [6, 6.07) is 25.7. The number of aromatic hydroxyl groups is 2. The third-order valence-electron chi connectivity index (χ3n) is 4.34. The predicted molar refractivity (Wildman–Crippen MR) is 115 cm³/mol. The van der Waals surface area contributed by atoms with Crippen LogP contribution in [-0.2, 0) is 0 Å². The number of hydrogen-bond donors (Lipinski definition) is 2. The van der Waals surface area contributed by atoms with Crippen molar-refractivity contribution in [3.63, 3.8) is 0 Å². The predicted octanol–water partition coefficient (Wildman–Crippen LogP) is 5.75. The van der Waals surface area contributed by atoms with Gasteiger partial charge in [0.25, 0.3) is 0 Å². The van der Waals surface area contributed by atoms with Crippen LogP contribution in [0.15, 0.2) is 94.9 Å². The monoisotopic (exact) mass is 366 g/mol. The van der Waals surface area contributed by atoms with Crippen LogP contribution in [0.4, 0.5) is 11.4 Å². The van der Waals surface area contributed by atoms with Crippen LogP contribution in [0.1, 0.15) is 11.1 Å². The minimum Gasteiger partial charge on any atom is -0.508 e. The van der Waals surface area contributed by atoms with Gasteiger partial charge in [0.2, 0.25) is 0 Å². The molecule has 0 heterocycles. The lowest BCUT2D eigenvalue weighted by atomic mass is 10.1. The van der Waals surface area contributed by atoms with Gasteiger partial charge in [-0.05, 0) is 59.7 Å². The summed E-state index contributed by atoms with van der Waals surface area (Å²) < 4.78 is 0. The van der Waals surface area contributed by atoms with E-state index in [1.54, 1.807) is 42.8 Å². The van der Waals surface area contributed by atoms with Crippen molar-refractivity contribution in [3.05, 3.63) is 96.1 Å². The Morgan fingerprint density at radius 1 is 0.536 bits per heavy atom. The van der Waals surface area contributed by atoms with Gasteiger partial charge in [-0.2, -0.15) is 0 Å². The van der Waals surface area contributed by atoms with E-state index in [1.807, 2.05) is 54.6 Å². The van der Waals surface area contributed by atoms with Gasteiger partial charge in [-0.15, -0.1) is 0 Å². The van der Waals surface area contributed by atoms with E-state index in [0.717, 1.165) is 33.3 Å². The summed E-state index contributed by atoms with van der Waals surface area (Å²) in [6.07, 6.45) is 3.51. The Balaban J connectivity index is 1.69. The number of phenols is 2. The Hall–Kier alpha value is -3.92. The largest absolute Gasteiger partial charge is 0.508 e. The minimum atomic E-state index is 0.215. The zero-order valence-electron chi connectivity index (χ0n) is 15.0. The average molecular weight is 366 g/mol. The number of phenolic OH excluding ortho intramolecular Hbond substituents is 2. The van der Waals surface area contributed by atoms with Crippen LogP contribution in [0.2, 0.25) is 0 Å². The second kappa shape index (κ2) is 7.76. The molecule has 0 amide bonds. The molecule has 0 aliphatic rings. The average Bonchev–Trinajstić information content (AvgIpc) is 2.72. The lowest BCUT2D eigenvalue weighted by Crippen LogP contribution is -1.82. The van der Waals surface area contributed by atoms with Crippen molar-refractivity contribution in [2.75, 3.05) is 0 Å². The standard InChI is InChI=1S/C24H18N2O2/c27-19-12-10-17(11-13-19)15-25-23-8-2-7-22-21(23)6-3-9-24(22)26-16-18-4-1-5-20(28)14-18/h1-16,27-28H. The normalized spacial score (nSPS) is 11.6. The summed E-state index contributed by atoms with van der Waals surface area (Å²) in [6.45, 7) is 0. The summed E-state index contributed by atoms with van der Waals surface area (Å²) in [5, 5.41) is 21.0. The smallest absolute Gasteiger partial charge is 0.116 e. The molecule has 136 valence electrons. The van der Waals surface area contributed by atoms with Crippen LogP contribution < -0.4 is 0 Å². The molecule has 0 radical (unpaired) electrons. The Bertz CT molecular complexity index is 1180. The number of fused-ring (bicyclic) bond motifs is 1. The molecule has 28 heavy (non-hydrogen) atoms. The van der Waals surface area contributed by atoms with Crippen molar-refractivity contribution in [1.82, 2.24) is 0 Å². The maximum atomic E-state index is 9.60. The van der Waals surface area contributed by atoms with Gasteiger partial charge in [0.1, 0.15) is 11.5 Å². The summed E-state index contributed by atoms with van der Waals surface area (Å²) in [7, 11) is 0. The first-order valence-corrected chi connectivity index (χ1v) is 8.87. The molecule has 0 spiro atoms. The summed E-state index contributed by atoms with van der Waals surface area (Å²) in [5.41, 5.74) is 3.42. The maximum Gasteiger partial charge on any atom is 0.116 e. The number of benzene rings is 4. The number of rotatable bonds is 4. The zero-order valence-corrected chi connectivity index (χ0v) is 15.0. The van der Waals surface area contributed by atoms with E-state index >= 15 is 0 Å². The number of aliphatic imine (C=N–C) groups is 2. The van der Waals surface area contributed by atoms with Gasteiger partial charge in [0, 0.05) is 23.2 Å². The van der Waals surface area contributed by atoms with Gasteiger partial charge in [-0.25, -0.2) is 0 Å². The second-order valence-corrected chi connectivity index (χ2v) is 6.35. The van der Waals surface area contributed by atoms with Crippen molar-refractivity contribution in [3.8, 4) is 11.5 Å². The maximum absolute atomic E-state index is 9.60. The number of hydrogen-bond acceptors (Lipinski definition) is 4. The molecule has 0 fully saturated rings. The van der Waals surface area contributed by atoms with Crippen molar-refractivity contribution in [1.29, 1.82) is 0 Å². The van der Waals surface area contributed by atoms with E-state index in [-0.39, 0.29) is 11.5 Å². The van der Waals surface area contributed by atoms with Crippen molar-refractivity contribution in [2.24, 2.45) is 9.98 Å².